The minimum Gasteiger partial charge on any atom is -0.393 e. The highest BCUT2D eigenvalue weighted by atomic mass is 16.3. The third-order valence-corrected chi connectivity index (χ3v) is 7.03. The Kier molecular flexibility index (Phi) is 9.11. The van der Waals surface area contributed by atoms with Gasteiger partial charge in [-0.3, -0.25) is 5.41 Å². The summed E-state index contributed by atoms with van der Waals surface area (Å²) in [5, 5.41) is 31.4. The third-order valence-electron chi connectivity index (χ3n) is 7.03. The highest BCUT2D eigenvalue weighted by Gasteiger charge is 2.22. The molecule has 1 heterocycles. The molecule has 0 radical (unpaired) electrons. The van der Waals surface area contributed by atoms with E-state index in [0.717, 1.165) is 57.9 Å². The average molecular weight is 494 g/mol. The number of nitrogens with zero attached hydrogens (tertiary/aromatic N) is 2. The number of aromatic nitrogens is 2. The summed E-state index contributed by atoms with van der Waals surface area (Å²) in [6.07, 6.45) is 11.2. The number of unbranched alkanes of at least 4 members (excludes halogenated alkanes) is 1. The number of rotatable bonds is 10. The van der Waals surface area contributed by atoms with E-state index in [1.54, 1.807) is 6.20 Å². The predicted molar refractivity (Wildman–Crippen MR) is 144 cm³/mol. The molecule has 2 saturated carbocycles. The molecule has 9 nitrogen and oxygen atoms in total. The summed E-state index contributed by atoms with van der Waals surface area (Å²) in [5.41, 5.74) is 2.35. The van der Waals surface area contributed by atoms with Crippen LogP contribution in [0.15, 0.2) is 30.5 Å². The third kappa shape index (κ3) is 7.16. The molecule has 4 rings (SSSR count). The van der Waals surface area contributed by atoms with Crippen molar-refractivity contribution in [2.45, 2.75) is 89.3 Å². The summed E-state index contributed by atoms with van der Waals surface area (Å²) in [6.45, 7) is 2.94. The largest absolute Gasteiger partial charge is 0.393 e. The molecule has 2 aromatic rings. The predicted octanol–water partition coefficient (Wildman–Crippen LogP) is 4.88. The molecule has 2 fully saturated rings. The number of aliphatic hydroxyl groups excluding tert-OH is 1. The first-order chi connectivity index (χ1) is 17.5. The van der Waals surface area contributed by atoms with Crippen LogP contribution in [0.2, 0.25) is 0 Å². The maximum absolute atomic E-state index is 12.3. The monoisotopic (exact) mass is 493 g/mol. The number of carbonyl (C=O) groups excluding carboxylic acids is 1. The lowest BCUT2D eigenvalue weighted by atomic mass is 9.93. The fourth-order valence-electron chi connectivity index (χ4n) is 4.85. The molecule has 0 bridgehead atoms. The average Bonchev–Trinajstić information content (AvgIpc) is 3.39. The number of urea groups is 1. The second-order valence-electron chi connectivity index (χ2n) is 9.92. The number of aliphatic hydroxyl groups is 1. The molecule has 0 atom stereocenters. The van der Waals surface area contributed by atoms with Crippen LogP contribution in [-0.4, -0.2) is 51.5 Å². The number of amides is 2. The van der Waals surface area contributed by atoms with Gasteiger partial charge in [-0.15, -0.1) is 0 Å². The Bertz CT molecular complexity index is 1010. The van der Waals surface area contributed by atoms with Gasteiger partial charge >= 0.3 is 6.03 Å². The first kappa shape index (κ1) is 25.9. The standard InChI is InChI=1S/C27H39N7O2/c1-2-3-16-29-26-30-17-23(25(34-26)31-20-12-14-22(35)15-13-20)24(28)18-8-10-21(11-9-18)33-27(36)32-19-6-4-5-7-19/h8-11,17,19-20,22,28,35H,2-7,12-16H2,1H3,(H2,32,33,36)(H2,29,30,31,34). The van der Waals surface area contributed by atoms with Crippen LogP contribution in [-0.2, 0) is 0 Å². The zero-order valence-corrected chi connectivity index (χ0v) is 21.1. The van der Waals surface area contributed by atoms with Crippen LogP contribution in [0.5, 0.6) is 0 Å². The van der Waals surface area contributed by atoms with Crippen molar-refractivity contribution >= 4 is 29.2 Å². The molecule has 0 saturated heterocycles. The number of hydrogen-bond acceptors (Lipinski definition) is 7. The molecule has 1 aromatic carbocycles. The summed E-state index contributed by atoms with van der Waals surface area (Å²) < 4.78 is 0. The maximum Gasteiger partial charge on any atom is 0.319 e. The molecule has 6 N–H and O–H groups in total. The topological polar surface area (TPSA) is 135 Å². The van der Waals surface area contributed by atoms with Crippen LogP contribution in [0.3, 0.4) is 0 Å². The molecule has 1 aromatic heterocycles. The second kappa shape index (κ2) is 12.7. The number of anilines is 3. The van der Waals surface area contributed by atoms with Crippen molar-refractivity contribution in [1.82, 2.24) is 15.3 Å². The molecule has 2 aliphatic carbocycles. The van der Waals surface area contributed by atoms with Crippen molar-refractivity contribution in [2.75, 3.05) is 22.5 Å². The van der Waals surface area contributed by atoms with Gasteiger partial charge in [0.2, 0.25) is 5.95 Å². The minimum atomic E-state index is -0.232. The first-order valence-corrected chi connectivity index (χ1v) is 13.3. The lowest BCUT2D eigenvalue weighted by Gasteiger charge is -2.27. The maximum atomic E-state index is 12.3. The van der Waals surface area contributed by atoms with Gasteiger partial charge in [0.15, 0.2) is 0 Å². The fraction of sp³-hybridized carbons (Fsp3) is 0.556. The van der Waals surface area contributed by atoms with Crippen LogP contribution in [0.25, 0.3) is 0 Å². The number of nitrogens with one attached hydrogen (secondary N) is 5. The lowest BCUT2D eigenvalue weighted by Crippen LogP contribution is -2.36. The molecule has 0 aliphatic heterocycles. The van der Waals surface area contributed by atoms with Crippen LogP contribution < -0.4 is 21.3 Å². The Balaban J connectivity index is 1.45. The molecular weight excluding hydrogens is 454 g/mol. The molecular formula is C27H39N7O2. The lowest BCUT2D eigenvalue weighted by molar-refractivity contribution is 0.126. The Hall–Kier alpha value is -3.20. The van der Waals surface area contributed by atoms with Crippen molar-refractivity contribution in [3.05, 3.63) is 41.6 Å². The van der Waals surface area contributed by atoms with Crippen molar-refractivity contribution in [2.24, 2.45) is 0 Å². The highest BCUT2D eigenvalue weighted by molar-refractivity contribution is 6.13. The van der Waals surface area contributed by atoms with Crippen LogP contribution >= 0.6 is 0 Å². The molecule has 194 valence electrons. The van der Waals surface area contributed by atoms with Gasteiger partial charge < -0.3 is 26.4 Å². The van der Waals surface area contributed by atoms with Gasteiger partial charge in [0, 0.05) is 36.1 Å². The van der Waals surface area contributed by atoms with Gasteiger partial charge in [0.1, 0.15) is 5.82 Å². The van der Waals surface area contributed by atoms with E-state index in [1.807, 2.05) is 24.3 Å². The van der Waals surface area contributed by atoms with Gasteiger partial charge in [-0.25, -0.2) is 9.78 Å². The fourth-order valence-corrected chi connectivity index (χ4v) is 4.85. The quantitative estimate of drug-likeness (QED) is 0.206. The summed E-state index contributed by atoms with van der Waals surface area (Å²) in [5.74, 6) is 1.18. The van der Waals surface area contributed by atoms with Crippen LogP contribution in [0.1, 0.15) is 82.3 Å². The van der Waals surface area contributed by atoms with E-state index in [4.69, 9.17) is 10.4 Å². The Labute approximate surface area is 213 Å². The zero-order valence-electron chi connectivity index (χ0n) is 21.1. The zero-order chi connectivity index (χ0) is 25.3. The van der Waals surface area contributed by atoms with Crippen molar-refractivity contribution in [1.29, 1.82) is 5.41 Å². The summed E-state index contributed by atoms with van der Waals surface area (Å²) >= 11 is 0. The van der Waals surface area contributed by atoms with Crippen molar-refractivity contribution < 1.29 is 9.90 Å². The smallest absolute Gasteiger partial charge is 0.319 e. The summed E-state index contributed by atoms with van der Waals surface area (Å²) in [6, 6.07) is 7.57. The normalized spacial score (nSPS) is 20.1. The summed E-state index contributed by atoms with van der Waals surface area (Å²) in [7, 11) is 0. The van der Waals surface area contributed by atoms with Crippen LogP contribution in [0.4, 0.5) is 22.2 Å². The first-order valence-electron chi connectivity index (χ1n) is 13.3. The number of benzene rings is 1. The Morgan fingerprint density at radius 1 is 1.06 bits per heavy atom. The molecule has 9 heteroatoms. The van der Waals surface area contributed by atoms with Crippen molar-refractivity contribution in [3.8, 4) is 0 Å². The number of carbonyl (C=O) groups is 1. The van der Waals surface area contributed by atoms with Gasteiger partial charge in [-0.1, -0.05) is 38.3 Å². The molecule has 2 amide bonds. The SMILES string of the molecule is CCCCNc1ncc(C(=N)c2ccc(NC(=O)NC3CCCC3)cc2)c(NC2CCC(O)CC2)n1. The van der Waals surface area contributed by atoms with E-state index in [0.29, 0.717) is 34.3 Å². The van der Waals surface area contributed by atoms with E-state index in [1.165, 1.54) is 12.8 Å². The minimum absolute atomic E-state index is 0.187. The van der Waals surface area contributed by atoms with Gasteiger partial charge in [-0.2, -0.15) is 4.98 Å². The number of hydrogen-bond donors (Lipinski definition) is 6. The van der Waals surface area contributed by atoms with E-state index < -0.39 is 0 Å². The van der Waals surface area contributed by atoms with Gasteiger partial charge in [0.25, 0.3) is 0 Å². The molecule has 0 spiro atoms. The second-order valence-corrected chi connectivity index (χ2v) is 9.92. The van der Waals surface area contributed by atoms with Crippen LogP contribution in [0, 0.1) is 5.41 Å². The van der Waals surface area contributed by atoms with Crippen molar-refractivity contribution in [3.63, 3.8) is 0 Å². The highest BCUT2D eigenvalue weighted by Crippen LogP contribution is 2.25. The van der Waals surface area contributed by atoms with E-state index >= 15 is 0 Å². The molecule has 0 unspecified atom stereocenters. The van der Waals surface area contributed by atoms with E-state index in [2.05, 4.69) is 33.2 Å². The Morgan fingerprint density at radius 3 is 2.47 bits per heavy atom. The Morgan fingerprint density at radius 2 is 1.78 bits per heavy atom. The summed E-state index contributed by atoms with van der Waals surface area (Å²) in [4.78, 5) is 21.4. The van der Waals surface area contributed by atoms with Gasteiger partial charge in [0.05, 0.1) is 17.4 Å². The van der Waals surface area contributed by atoms with Gasteiger partial charge in [-0.05, 0) is 57.1 Å². The molecule has 36 heavy (non-hydrogen) atoms. The molecule has 2 aliphatic rings. The van der Waals surface area contributed by atoms with E-state index in [-0.39, 0.29) is 24.2 Å². The van der Waals surface area contributed by atoms with E-state index in [9.17, 15) is 9.90 Å².